The molecule has 0 aromatic heterocycles. The average Bonchev–Trinajstić information content (AvgIpc) is 3.21. The molecule has 2 aromatic rings. The molecule has 0 spiro atoms. The van der Waals surface area contributed by atoms with E-state index in [9.17, 15) is 51.3 Å². The average molecular weight is 661 g/mol. The van der Waals surface area contributed by atoms with Gasteiger partial charge in [-0.05, 0) is 85.9 Å². The smallest absolute Gasteiger partial charge is 0.430 e. The van der Waals surface area contributed by atoms with Crippen LogP contribution < -0.4 is 10.1 Å². The van der Waals surface area contributed by atoms with Gasteiger partial charge in [-0.2, -0.15) is 26.3 Å². The van der Waals surface area contributed by atoms with Gasteiger partial charge in [-0.25, -0.2) is 4.79 Å². The highest BCUT2D eigenvalue weighted by molar-refractivity contribution is 6.07. The lowest BCUT2D eigenvalue weighted by Crippen LogP contribution is -2.54. The second kappa shape index (κ2) is 13.2. The zero-order valence-electron chi connectivity index (χ0n) is 25.5. The highest BCUT2D eigenvalue weighted by Gasteiger charge is 2.71. The van der Waals surface area contributed by atoms with Gasteiger partial charge in [0.25, 0.3) is 11.5 Å². The molecule has 1 aliphatic heterocycles. The molecule has 2 aliphatic rings. The lowest BCUT2D eigenvalue weighted by Gasteiger charge is -2.35. The molecule has 4 N–H and O–H groups in total. The summed E-state index contributed by atoms with van der Waals surface area (Å²) in [5, 5.41) is 32.3. The third kappa shape index (κ3) is 6.58. The van der Waals surface area contributed by atoms with Crippen LogP contribution in [0.3, 0.4) is 0 Å². The molecule has 0 radical (unpaired) electrons. The fourth-order valence-electron chi connectivity index (χ4n) is 6.23. The zero-order chi connectivity index (χ0) is 34.1. The van der Waals surface area contributed by atoms with Gasteiger partial charge in [0.05, 0.1) is 6.61 Å². The first-order chi connectivity index (χ1) is 21.5. The van der Waals surface area contributed by atoms with E-state index in [1.54, 1.807) is 6.92 Å². The number of benzene rings is 2. The summed E-state index contributed by atoms with van der Waals surface area (Å²) in [6.45, 7) is 3.19. The summed E-state index contributed by atoms with van der Waals surface area (Å²) in [7, 11) is 0. The van der Waals surface area contributed by atoms with Crippen LogP contribution >= 0.6 is 0 Å². The van der Waals surface area contributed by atoms with Crippen molar-refractivity contribution in [2.24, 2.45) is 0 Å². The Kier molecular flexibility index (Phi) is 10.1. The monoisotopic (exact) mass is 660 g/mol. The number of rotatable bonds is 11. The van der Waals surface area contributed by atoms with Crippen LogP contribution in [0.25, 0.3) is 0 Å². The number of phenolic OH excluding ortho intramolecular Hbond substituents is 2. The van der Waals surface area contributed by atoms with Gasteiger partial charge in [-0.1, -0.05) is 38.7 Å². The Morgan fingerprint density at radius 1 is 0.957 bits per heavy atom. The molecule has 0 bridgehead atoms. The SMILES string of the molecule is CCCc1cc(C(O)(C(F)(F)F)C(F)(F)F)cc(C2CCCCC2)c1OCCCCN1C(=O)NC(C)(c2ccc(O)c(O)c2)C1=O. The molecule has 1 atom stereocenters. The number of hydrogen-bond acceptors (Lipinski definition) is 6. The van der Waals surface area contributed by atoms with E-state index in [2.05, 4.69) is 5.32 Å². The fraction of sp³-hybridized carbons (Fsp3) is 0.562. The van der Waals surface area contributed by atoms with Crippen molar-refractivity contribution in [1.29, 1.82) is 0 Å². The maximum absolute atomic E-state index is 13.8. The number of halogens is 6. The van der Waals surface area contributed by atoms with Crippen LogP contribution in [-0.4, -0.2) is 57.7 Å². The van der Waals surface area contributed by atoms with E-state index in [1.165, 1.54) is 25.1 Å². The maximum atomic E-state index is 13.8. The Bertz CT molecular complexity index is 1430. The first kappa shape index (κ1) is 35.2. The van der Waals surface area contributed by atoms with Gasteiger partial charge in [0.2, 0.25) is 0 Å². The van der Waals surface area contributed by atoms with Crippen molar-refractivity contribution < 1.29 is 56.0 Å². The van der Waals surface area contributed by atoms with Crippen LogP contribution in [-0.2, 0) is 22.4 Å². The lowest BCUT2D eigenvalue weighted by atomic mass is 9.79. The highest BCUT2D eigenvalue weighted by atomic mass is 19.4. The second-order valence-electron chi connectivity index (χ2n) is 12.1. The van der Waals surface area contributed by atoms with Crippen molar-refractivity contribution >= 4 is 11.9 Å². The number of alkyl halides is 6. The number of hydrogen-bond donors (Lipinski definition) is 4. The molecule has 1 saturated heterocycles. The van der Waals surface area contributed by atoms with Gasteiger partial charge in [-0.15, -0.1) is 0 Å². The largest absolute Gasteiger partial charge is 0.504 e. The van der Waals surface area contributed by atoms with E-state index in [0.717, 1.165) is 36.3 Å². The number of carbonyl (C=O) groups excluding carboxylic acids is 2. The first-order valence-electron chi connectivity index (χ1n) is 15.3. The summed E-state index contributed by atoms with van der Waals surface area (Å²) in [5.74, 6) is -1.57. The molecular weight excluding hydrogens is 622 g/mol. The number of nitrogens with zero attached hydrogens (tertiary/aromatic N) is 1. The number of phenols is 2. The van der Waals surface area contributed by atoms with Gasteiger partial charge in [0, 0.05) is 12.1 Å². The van der Waals surface area contributed by atoms with E-state index in [1.807, 2.05) is 0 Å². The number of imide groups is 1. The standard InChI is InChI=1S/C32H38F6N2O6/c1-3-9-20-16-22(30(45,31(33,34)35)32(36,37)38)17-23(19-10-5-4-6-11-19)26(20)46-15-8-7-14-40-27(43)29(2,39-28(40)44)21-12-13-24(41)25(42)18-21/h12-13,16-19,41-42,45H,3-11,14-15H2,1-2H3,(H,39,44). The Labute approximate surface area is 262 Å². The fourth-order valence-corrected chi connectivity index (χ4v) is 6.23. The predicted octanol–water partition coefficient (Wildman–Crippen LogP) is 7.04. The minimum atomic E-state index is -6.01. The minimum Gasteiger partial charge on any atom is -0.504 e. The predicted molar refractivity (Wildman–Crippen MR) is 154 cm³/mol. The van der Waals surface area contributed by atoms with Crippen LogP contribution in [0.4, 0.5) is 31.1 Å². The van der Waals surface area contributed by atoms with Crippen LogP contribution in [0.2, 0.25) is 0 Å². The maximum Gasteiger partial charge on any atom is 0.430 e. The van der Waals surface area contributed by atoms with Crippen molar-refractivity contribution in [2.45, 2.75) is 101 Å². The molecule has 2 fully saturated rings. The Balaban J connectivity index is 1.54. The molecule has 1 unspecified atom stereocenters. The molecule has 14 heteroatoms. The summed E-state index contributed by atoms with van der Waals surface area (Å²) in [6.07, 6.45) is -7.48. The first-order valence-corrected chi connectivity index (χ1v) is 15.3. The van der Waals surface area contributed by atoms with Crippen molar-refractivity contribution in [2.75, 3.05) is 13.2 Å². The molecule has 3 amide bonds. The molecule has 2 aromatic carbocycles. The summed E-state index contributed by atoms with van der Waals surface area (Å²) >= 11 is 0. The summed E-state index contributed by atoms with van der Waals surface area (Å²) in [4.78, 5) is 26.9. The third-order valence-electron chi connectivity index (χ3n) is 8.85. The Morgan fingerprint density at radius 2 is 1.61 bits per heavy atom. The number of aromatic hydroxyl groups is 2. The summed E-state index contributed by atoms with van der Waals surface area (Å²) in [5.41, 5.74) is -7.23. The number of ether oxygens (including phenoxy) is 1. The number of carbonyl (C=O) groups is 2. The van der Waals surface area contributed by atoms with Crippen LogP contribution in [0.1, 0.15) is 93.4 Å². The van der Waals surface area contributed by atoms with Crippen LogP contribution in [0, 0.1) is 0 Å². The summed E-state index contributed by atoms with van der Waals surface area (Å²) < 4.78 is 89.2. The zero-order valence-corrected chi connectivity index (χ0v) is 25.5. The quantitative estimate of drug-likeness (QED) is 0.0889. The molecule has 254 valence electrons. The van der Waals surface area contributed by atoms with Gasteiger partial charge in [0.1, 0.15) is 11.3 Å². The summed E-state index contributed by atoms with van der Waals surface area (Å²) in [6, 6.07) is 4.64. The van der Waals surface area contributed by atoms with Crippen molar-refractivity contribution in [3.8, 4) is 17.2 Å². The number of aryl methyl sites for hydroxylation is 1. The lowest BCUT2D eigenvalue weighted by molar-refractivity contribution is -0.376. The van der Waals surface area contributed by atoms with E-state index in [4.69, 9.17) is 4.74 Å². The van der Waals surface area contributed by atoms with E-state index < -0.39 is 46.7 Å². The van der Waals surface area contributed by atoms with Crippen molar-refractivity contribution in [1.82, 2.24) is 10.2 Å². The Morgan fingerprint density at radius 3 is 2.20 bits per heavy atom. The van der Waals surface area contributed by atoms with Gasteiger partial charge in [-0.3, -0.25) is 9.69 Å². The topological polar surface area (TPSA) is 119 Å². The van der Waals surface area contributed by atoms with Crippen LogP contribution in [0.15, 0.2) is 30.3 Å². The number of urea groups is 1. The van der Waals surface area contributed by atoms with Crippen molar-refractivity contribution in [3.63, 3.8) is 0 Å². The highest BCUT2D eigenvalue weighted by Crippen LogP contribution is 2.52. The molecule has 46 heavy (non-hydrogen) atoms. The molecule has 8 nitrogen and oxygen atoms in total. The Hall–Kier alpha value is -3.68. The van der Waals surface area contributed by atoms with Crippen LogP contribution in [0.5, 0.6) is 17.2 Å². The van der Waals surface area contributed by atoms with Gasteiger partial charge < -0.3 is 25.4 Å². The molecule has 1 saturated carbocycles. The molecule has 1 heterocycles. The van der Waals surface area contributed by atoms with E-state index >= 15 is 0 Å². The molecule has 4 rings (SSSR count). The molecular formula is C32H38F6N2O6. The number of unbranched alkanes of at least 4 members (excludes halogenated alkanes) is 1. The number of aliphatic hydroxyl groups is 1. The van der Waals surface area contributed by atoms with E-state index in [0.29, 0.717) is 25.7 Å². The number of amides is 3. The van der Waals surface area contributed by atoms with Gasteiger partial charge in [0.15, 0.2) is 11.5 Å². The van der Waals surface area contributed by atoms with E-state index in [-0.39, 0.29) is 60.1 Å². The second-order valence-corrected chi connectivity index (χ2v) is 12.1. The third-order valence-corrected chi connectivity index (χ3v) is 8.85. The molecule has 1 aliphatic carbocycles. The number of nitrogens with one attached hydrogen (secondary N) is 1. The minimum absolute atomic E-state index is 0.00530. The van der Waals surface area contributed by atoms with Gasteiger partial charge >= 0.3 is 18.4 Å². The normalized spacial score (nSPS) is 19.9. The van der Waals surface area contributed by atoms with Crippen molar-refractivity contribution in [3.05, 3.63) is 52.6 Å².